The topological polar surface area (TPSA) is 157 Å². The average molecular weight is 484 g/mol. The van der Waals surface area contributed by atoms with E-state index in [2.05, 4.69) is 0 Å². The number of benzene rings is 1. The predicted octanol–water partition coefficient (Wildman–Crippen LogP) is 1.31. The number of hydrogen-bond acceptors (Lipinski definition) is 9. The van der Waals surface area contributed by atoms with Crippen molar-refractivity contribution in [3.05, 3.63) is 51.5 Å². The molecule has 6 N–H and O–H groups in total. The largest absolute Gasteiger partial charge is 0.507 e. The van der Waals surface area contributed by atoms with Gasteiger partial charge in [0.25, 0.3) is 5.91 Å². The number of anilines is 1. The Morgan fingerprint density at radius 3 is 2.37 bits per heavy atom. The van der Waals surface area contributed by atoms with Crippen LogP contribution in [0.3, 0.4) is 0 Å². The Labute approximate surface area is 202 Å². The number of aliphatic hydroxyl groups is 3. The van der Waals surface area contributed by atoms with Gasteiger partial charge in [-0.1, -0.05) is 0 Å². The van der Waals surface area contributed by atoms with E-state index in [-0.39, 0.29) is 39.9 Å². The van der Waals surface area contributed by atoms with Crippen molar-refractivity contribution in [3.8, 4) is 5.75 Å². The van der Waals surface area contributed by atoms with Crippen LogP contribution in [0, 0.1) is 11.8 Å². The van der Waals surface area contributed by atoms with Crippen LogP contribution in [0.25, 0.3) is 5.76 Å². The van der Waals surface area contributed by atoms with Crippen LogP contribution in [0.1, 0.15) is 17.5 Å². The standard InChI is InChI=1S/C25H29N3O7/c1-27(2)14-3-4-15(29)17-12(14)9-11-10-13-18(22(31)16(11)21(17)30)23(32)19(25(26)34)24(33)20(13)28-5-7-35-8-6-28/h3-4,11,13,20,29-32H,5-10H2,1-2H3,(H2,26,34). The molecule has 10 nitrogen and oxygen atoms in total. The second kappa shape index (κ2) is 8.31. The fraction of sp³-hybridized carbons (Fsp3) is 0.440. The quantitative estimate of drug-likeness (QED) is 0.400. The molecule has 3 unspecified atom stereocenters. The molecule has 3 aliphatic carbocycles. The maximum Gasteiger partial charge on any atom is 0.256 e. The zero-order valence-electron chi connectivity index (χ0n) is 19.6. The number of ketones is 1. The van der Waals surface area contributed by atoms with Gasteiger partial charge in [0.15, 0.2) is 5.78 Å². The molecule has 1 aromatic rings. The van der Waals surface area contributed by atoms with E-state index in [1.165, 1.54) is 6.07 Å². The third-order valence-electron chi connectivity index (χ3n) is 7.59. The zero-order valence-corrected chi connectivity index (χ0v) is 19.6. The molecule has 3 atom stereocenters. The lowest BCUT2D eigenvalue weighted by Crippen LogP contribution is -2.56. The maximum atomic E-state index is 13.4. The van der Waals surface area contributed by atoms with Gasteiger partial charge in [0.05, 0.1) is 24.8 Å². The van der Waals surface area contributed by atoms with Crippen LogP contribution in [0.2, 0.25) is 0 Å². The molecule has 0 saturated carbocycles. The van der Waals surface area contributed by atoms with E-state index in [9.17, 15) is 30.0 Å². The summed E-state index contributed by atoms with van der Waals surface area (Å²) in [5.41, 5.74) is 6.91. The lowest BCUT2D eigenvalue weighted by molar-refractivity contribution is -0.128. The minimum absolute atomic E-state index is 0.0272. The lowest BCUT2D eigenvalue weighted by Gasteiger charge is -2.46. The lowest BCUT2D eigenvalue weighted by atomic mass is 9.64. The molecule has 1 fully saturated rings. The second-order valence-corrected chi connectivity index (χ2v) is 9.66. The third-order valence-corrected chi connectivity index (χ3v) is 7.59. The Hall–Kier alpha value is -3.50. The van der Waals surface area contributed by atoms with Crippen molar-refractivity contribution < 1.29 is 34.8 Å². The Kier molecular flexibility index (Phi) is 5.52. The number of allylic oxidation sites excluding steroid dienone is 2. The monoisotopic (exact) mass is 483 g/mol. The van der Waals surface area contributed by atoms with E-state index in [0.29, 0.717) is 39.1 Å². The van der Waals surface area contributed by atoms with Gasteiger partial charge >= 0.3 is 0 Å². The molecule has 5 rings (SSSR count). The minimum atomic E-state index is -1.08. The van der Waals surface area contributed by atoms with Gasteiger partial charge in [-0.25, -0.2) is 0 Å². The summed E-state index contributed by atoms with van der Waals surface area (Å²) in [6.07, 6.45) is 0.742. The molecular formula is C25H29N3O7. The van der Waals surface area contributed by atoms with Gasteiger partial charge in [-0.2, -0.15) is 0 Å². The third kappa shape index (κ3) is 3.39. The van der Waals surface area contributed by atoms with Crippen LogP contribution in [0.4, 0.5) is 5.69 Å². The number of nitrogens with two attached hydrogens (primary N) is 1. The molecule has 4 aliphatic rings. The summed E-state index contributed by atoms with van der Waals surface area (Å²) in [6, 6.07) is 2.44. The zero-order chi connectivity index (χ0) is 25.2. The van der Waals surface area contributed by atoms with Crippen molar-refractivity contribution >= 4 is 23.1 Å². The molecule has 1 saturated heterocycles. The summed E-state index contributed by atoms with van der Waals surface area (Å²) in [7, 11) is 3.73. The Morgan fingerprint density at radius 1 is 1.06 bits per heavy atom. The van der Waals surface area contributed by atoms with Gasteiger partial charge in [-0.15, -0.1) is 0 Å². The number of phenolic OH excluding ortho intramolecular Hbond substituents is 1. The number of Topliss-reactive ketones (excluding diaryl/α,β-unsaturated/α-hetero) is 1. The highest BCUT2D eigenvalue weighted by Crippen LogP contribution is 2.53. The highest BCUT2D eigenvalue weighted by atomic mass is 16.5. The molecule has 1 heterocycles. The first-order valence-corrected chi connectivity index (χ1v) is 11.6. The number of phenols is 1. The highest BCUT2D eigenvalue weighted by Gasteiger charge is 2.52. The van der Waals surface area contributed by atoms with Gasteiger partial charge in [0.1, 0.15) is 28.6 Å². The number of carbonyl (C=O) groups is 2. The molecule has 186 valence electrons. The normalized spacial score (nSPS) is 26.9. The van der Waals surface area contributed by atoms with Crippen LogP contribution in [0.15, 0.2) is 40.4 Å². The Balaban J connectivity index is 1.73. The Morgan fingerprint density at radius 2 is 1.74 bits per heavy atom. The van der Waals surface area contributed by atoms with Crippen molar-refractivity contribution in [1.29, 1.82) is 0 Å². The smallest absolute Gasteiger partial charge is 0.256 e. The average Bonchev–Trinajstić information content (AvgIpc) is 2.79. The van der Waals surface area contributed by atoms with Crippen molar-refractivity contribution in [2.45, 2.75) is 18.9 Å². The Bertz CT molecular complexity index is 1220. The molecule has 1 amide bonds. The number of primary amides is 1. The molecule has 1 aromatic carbocycles. The molecule has 10 heteroatoms. The predicted molar refractivity (Wildman–Crippen MR) is 127 cm³/mol. The van der Waals surface area contributed by atoms with E-state index in [4.69, 9.17) is 10.5 Å². The summed E-state index contributed by atoms with van der Waals surface area (Å²) in [5, 5.41) is 44.2. The molecule has 0 spiro atoms. The molecule has 0 radical (unpaired) electrons. The molecule has 0 bridgehead atoms. The number of fused-ring (bicyclic) bond motifs is 3. The number of aliphatic hydroxyl groups excluding tert-OH is 3. The van der Waals surface area contributed by atoms with Crippen molar-refractivity contribution in [2.24, 2.45) is 17.6 Å². The number of hydrogen-bond donors (Lipinski definition) is 5. The molecule has 1 aliphatic heterocycles. The van der Waals surface area contributed by atoms with E-state index < -0.39 is 35.0 Å². The van der Waals surface area contributed by atoms with Gasteiger partial charge in [0.2, 0.25) is 0 Å². The summed E-state index contributed by atoms with van der Waals surface area (Å²) < 4.78 is 5.43. The number of ether oxygens (including phenoxy) is 1. The van der Waals surface area contributed by atoms with E-state index in [0.717, 1.165) is 11.3 Å². The van der Waals surface area contributed by atoms with Gasteiger partial charge in [0, 0.05) is 49.9 Å². The van der Waals surface area contributed by atoms with Crippen LogP contribution < -0.4 is 10.6 Å². The summed E-state index contributed by atoms with van der Waals surface area (Å²) in [4.78, 5) is 29.4. The maximum absolute atomic E-state index is 13.4. The van der Waals surface area contributed by atoms with Gasteiger partial charge in [-0.3, -0.25) is 14.5 Å². The molecule has 0 aromatic heterocycles. The van der Waals surface area contributed by atoms with Crippen molar-refractivity contribution in [3.63, 3.8) is 0 Å². The number of amides is 1. The van der Waals surface area contributed by atoms with Gasteiger partial charge < -0.3 is 35.8 Å². The van der Waals surface area contributed by atoms with Crippen LogP contribution >= 0.6 is 0 Å². The SMILES string of the molecule is CN(C)c1ccc(O)c2c1CC1CC3C(=C(O)C1=C2O)C(O)=C(C(N)=O)C(=O)C3N1CCOCC1. The fourth-order valence-corrected chi connectivity index (χ4v) is 6.11. The first kappa shape index (κ1) is 23.3. The number of aromatic hydroxyl groups is 1. The van der Waals surface area contributed by atoms with Crippen LogP contribution in [0.5, 0.6) is 5.75 Å². The minimum Gasteiger partial charge on any atom is -0.507 e. The fourth-order valence-electron chi connectivity index (χ4n) is 6.11. The van der Waals surface area contributed by atoms with Crippen molar-refractivity contribution in [1.82, 2.24) is 4.90 Å². The highest BCUT2D eigenvalue weighted by molar-refractivity contribution is 6.22. The molecule has 35 heavy (non-hydrogen) atoms. The van der Waals surface area contributed by atoms with E-state index in [1.807, 2.05) is 23.9 Å². The first-order chi connectivity index (χ1) is 16.6. The van der Waals surface area contributed by atoms with Crippen LogP contribution in [-0.4, -0.2) is 83.5 Å². The first-order valence-electron chi connectivity index (χ1n) is 11.6. The molecular weight excluding hydrogens is 454 g/mol. The number of nitrogens with zero attached hydrogens (tertiary/aromatic N) is 2. The summed E-state index contributed by atoms with van der Waals surface area (Å²) in [6.45, 7) is 1.73. The number of morpholine rings is 1. The second-order valence-electron chi connectivity index (χ2n) is 9.66. The van der Waals surface area contributed by atoms with E-state index in [1.54, 1.807) is 6.07 Å². The summed E-state index contributed by atoms with van der Waals surface area (Å²) in [5.74, 6) is -4.09. The number of carbonyl (C=O) groups excluding carboxylic acids is 2. The number of rotatable bonds is 3. The summed E-state index contributed by atoms with van der Waals surface area (Å²) >= 11 is 0. The van der Waals surface area contributed by atoms with Crippen LogP contribution in [-0.2, 0) is 20.7 Å². The van der Waals surface area contributed by atoms with Gasteiger partial charge in [-0.05, 0) is 36.5 Å². The van der Waals surface area contributed by atoms with E-state index >= 15 is 0 Å². The van der Waals surface area contributed by atoms with Crippen molar-refractivity contribution in [2.75, 3.05) is 45.3 Å².